The number of benzene rings is 1. The van der Waals surface area contributed by atoms with Crippen LogP contribution in [0.2, 0.25) is 0 Å². The second-order valence-electron chi connectivity index (χ2n) is 10.2. The van der Waals surface area contributed by atoms with Gasteiger partial charge in [0.15, 0.2) is 5.65 Å². The summed E-state index contributed by atoms with van der Waals surface area (Å²) in [6.45, 7) is 1.61. The van der Waals surface area contributed by atoms with E-state index >= 15 is 0 Å². The van der Waals surface area contributed by atoms with Crippen molar-refractivity contribution in [3.05, 3.63) is 75.0 Å². The van der Waals surface area contributed by atoms with Gasteiger partial charge < -0.3 is 10.6 Å². The van der Waals surface area contributed by atoms with Gasteiger partial charge >= 0.3 is 0 Å². The predicted octanol–water partition coefficient (Wildman–Crippen LogP) is 2.60. The molecule has 1 atom stereocenters. The van der Waals surface area contributed by atoms with E-state index in [1.54, 1.807) is 0 Å². The maximum Gasteiger partial charge on any atom is 0.264 e. The third-order valence-corrected chi connectivity index (χ3v) is 8.41. The van der Waals surface area contributed by atoms with E-state index in [9.17, 15) is 4.79 Å². The summed E-state index contributed by atoms with van der Waals surface area (Å²) in [5.74, 6) is 0.583. The summed E-state index contributed by atoms with van der Waals surface area (Å²) >= 11 is 0. The van der Waals surface area contributed by atoms with Crippen LogP contribution in [0.3, 0.4) is 0 Å². The van der Waals surface area contributed by atoms with Gasteiger partial charge in [0.1, 0.15) is 5.39 Å². The molecule has 0 bridgehead atoms. The van der Waals surface area contributed by atoms with Gasteiger partial charge in [0.05, 0.1) is 11.9 Å². The van der Waals surface area contributed by atoms with Gasteiger partial charge in [-0.15, -0.1) is 0 Å². The van der Waals surface area contributed by atoms with Crippen LogP contribution in [0.25, 0.3) is 16.6 Å². The van der Waals surface area contributed by atoms with Gasteiger partial charge in [-0.1, -0.05) is 30.3 Å². The molecule has 178 valence electrons. The van der Waals surface area contributed by atoms with Crippen LogP contribution in [0.15, 0.2) is 41.3 Å². The van der Waals surface area contributed by atoms with E-state index in [0.717, 1.165) is 56.3 Å². The molecule has 35 heavy (non-hydrogen) atoms. The van der Waals surface area contributed by atoms with Crippen LogP contribution in [0.4, 0.5) is 5.95 Å². The van der Waals surface area contributed by atoms with Crippen LogP contribution in [-0.2, 0) is 19.9 Å². The maximum absolute atomic E-state index is 13.3. The molecular formula is C26H28N8O. The number of hydrogen-bond donors (Lipinski definition) is 3. The summed E-state index contributed by atoms with van der Waals surface area (Å²) in [7, 11) is 1.95. The second kappa shape index (κ2) is 7.39. The third-order valence-electron chi connectivity index (χ3n) is 8.41. The van der Waals surface area contributed by atoms with Crippen molar-refractivity contribution < 1.29 is 0 Å². The minimum atomic E-state index is -0.170. The third kappa shape index (κ3) is 2.97. The number of allylic oxidation sites excluding steroid dienone is 1. The van der Waals surface area contributed by atoms with Gasteiger partial charge in [-0.3, -0.25) is 19.6 Å². The number of aromatic nitrogens is 6. The number of nitrogens with zero attached hydrogens (tertiary/aromatic N) is 5. The minimum Gasteiger partial charge on any atom is -0.342 e. The van der Waals surface area contributed by atoms with Gasteiger partial charge in [-0.25, -0.2) is 0 Å². The van der Waals surface area contributed by atoms with Crippen LogP contribution in [-0.4, -0.2) is 43.0 Å². The zero-order valence-electron chi connectivity index (χ0n) is 19.7. The molecule has 4 heterocycles. The Morgan fingerprint density at radius 3 is 2.86 bits per heavy atom. The highest BCUT2D eigenvalue weighted by molar-refractivity contribution is 5.94. The standard InChI is InChI=1S/C26H28N8O/c1-33-19-8-4-7-17(18(19)14-28-33)21-20-23(32-31-21)29-25(30-24(20)35)34-11-9-26(10-12-34)13-15-5-2-3-6-16(15)22(26)27/h2-3,5-7,14,22H,4,8-13,27H2,1H3,(H2,29,30,31,32,35)/t22-/m1/s1. The number of hydrogen-bond acceptors (Lipinski definition) is 6. The first kappa shape index (κ1) is 20.6. The fraction of sp³-hybridized carbons (Fsp3) is 0.385. The number of anilines is 1. The summed E-state index contributed by atoms with van der Waals surface area (Å²) in [5, 5.41) is 12.4. The monoisotopic (exact) mass is 468 g/mol. The normalized spacial score (nSPS) is 20.8. The first-order chi connectivity index (χ1) is 17.0. The molecule has 9 nitrogen and oxygen atoms in total. The molecule has 4 aromatic rings. The van der Waals surface area contributed by atoms with Crippen LogP contribution < -0.4 is 16.2 Å². The van der Waals surface area contributed by atoms with Crippen molar-refractivity contribution in [1.82, 2.24) is 29.9 Å². The van der Waals surface area contributed by atoms with Crippen molar-refractivity contribution >= 4 is 22.6 Å². The highest BCUT2D eigenvalue weighted by atomic mass is 16.1. The Kier molecular flexibility index (Phi) is 4.36. The van der Waals surface area contributed by atoms with E-state index in [0.29, 0.717) is 22.7 Å². The van der Waals surface area contributed by atoms with Crippen molar-refractivity contribution in [2.75, 3.05) is 18.0 Å². The lowest BCUT2D eigenvalue weighted by atomic mass is 9.73. The average molecular weight is 469 g/mol. The van der Waals surface area contributed by atoms with Gasteiger partial charge in [0.25, 0.3) is 5.56 Å². The smallest absolute Gasteiger partial charge is 0.264 e. The Morgan fingerprint density at radius 2 is 2.03 bits per heavy atom. The topological polar surface area (TPSA) is 122 Å². The second-order valence-corrected chi connectivity index (χ2v) is 10.2. The molecule has 7 rings (SSSR count). The number of aromatic amines is 2. The molecule has 0 radical (unpaired) electrons. The molecule has 0 amide bonds. The van der Waals surface area contributed by atoms with Crippen molar-refractivity contribution in [2.45, 2.75) is 38.1 Å². The van der Waals surface area contributed by atoms with Gasteiger partial charge in [0, 0.05) is 43.0 Å². The Labute approximate surface area is 202 Å². The summed E-state index contributed by atoms with van der Waals surface area (Å²) < 4.78 is 1.90. The Balaban J connectivity index is 1.18. The maximum atomic E-state index is 13.3. The molecular weight excluding hydrogens is 440 g/mol. The number of fused-ring (bicyclic) bond motifs is 3. The zero-order valence-corrected chi connectivity index (χ0v) is 19.7. The minimum absolute atomic E-state index is 0.0605. The summed E-state index contributed by atoms with van der Waals surface area (Å²) in [6, 6.07) is 8.60. The molecule has 1 fully saturated rings. The van der Waals surface area contributed by atoms with Crippen molar-refractivity contribution in [3.8, 4) is 0 Å². The van der Waals surface area contributed by atoms with Crippen LogP contribution in [0, 0.1) is 5.41 Å². The summed E-state index contributed by atoms with van der Waals surface area (Å²) in [5.41, 5.74) is 13.6. The summed E-state index contributed by atoms with van der Waals surface area (Å²) in [4.78, 5) is 23.2. The fourth-order valence-corrected chi connectivity index (χ4v) is 6.42. The lowest BCUT2D eigenvalue weighted by molar-refractivity contribution is 0.187. The molecule has 1 aliphatic heterocycles. The Morgan fingerprint density at radius 1 is 1.20 bits per heavy atom. The highest BCUT2D eigenvalue weighted by Crippen LogP contribution is 2.50. The number of aryl methyl sites for hydroxylation is 1. The van der Waals surface area contributed by atoms with E-state index < -0.39 is 0 Å². The number of nitrogens with one attached hydrogen (secondary N) is 2. The number of H-pyrrole nitrogens is 2. The fourth-order valence-electron chi connectivity index (χ4n) is 6.42. The van der Waals surface area contributed by atoms with E-state index in [1.165, 1.54) is 16.8 Å². The SMILES string of the molecule is Cn1ncc2c1CCC=C2c1[nH]nc2nc(N3CCC4(CC3)Cc3ccccc3[C@H]4N)[nH]c(=O)c12. The zero-order chi connectivity index (χ0) is 23.7. The predicted molar refractivity (Wildman–Crippen MR) is 134 cm³/mol. The number of rotatable bonds is 2. The molecule has 0 unspecified atom stereocenters. The van der Waals surface area contributed by atoms with Crippen molar-refractivity contribution in [1.29, 1.82) is 0 Å². The van der Waals surface area contributed by atoms with E-state index in [1.807, 2.05) is 17.9 Å². The van der Waals surface area contributed by atoms with Crippen LogP contribution in [0.1, 0.15) is 53.4 Å². The van der Waals surface area contributed by atoms with Crippen LogP contribution in [0.5, 0.6) is 0 Å². The molecule has 0 saturated carbocycles. The van der Waals surface area contributed by atoms with Gasteiger partial charge in [-0.05, 0) is 48.6 Å². The molecule has 1 saturated heterocycles. The molecule has 2 aliphatic carbocycles. The van der Waals surface area contributed by atoms with Crippen molar-refractivity contribution in [2.24, 2.45) is 18.2 Å². The molecule has 1 spiro atoms. The highest BCUT2D eigenvalue weighted by Gasteiger charge is 2.46. The van der Waals surface area contributed by atoms with Gasteiger partial charge in [0.2, 0.25) is 5.95 Å². The summed E-state index contributed by atoms with van der Waals surface area (Å²) in [6.07, 6.45) is 8.80. The van der Waals surface area contributed by atoms with Crippen molar-refractivity contribution in [3.63, 3.8) is 0 Å². The first-order valence-electron chi connectivity index (χ1n) is 12.3. The largest absolute Gasteiger partial charge is 0.342 e. The van der Waals surface area contributed by atoms with Gasteiger partial charge in [-0.2, -0.15) is 15.2 Å². The molecule has 9 heteroatoms. The van der Waals surface area contributed by atoms with E-state index in [4.69, 9.17) is 10.7 Å². The molecule has 3 aliphatic rings. The first-order valence-corrected chi connectivity index (χ1v) is 12.3. The number of nitrogens with two attached hydrogens (primary N) is 1. The Hall–Kier alpha value is -3.72. The lowest BCUT2D eigenvalue weighted by Gasteiger charge is -2.42. The Bertz CT molecular complexity index is 1550. The number of piperidine rings is 1. The van der Waals surface area contributed by atoms with Crippen LogP contribution >= 0.6 is 0 Å². The molecule has 1 aromatic carbocycles. The molecule has 4 N–H and O–H groups in total. The van der Waals surface area contributed by atoms with E-state index in [2.05, 4.69) is 55.5 Å². The molecule has 3 aromatic heterocycles. The quantitative estimate of drug-likeness (QED) is 0.416. The average Bonchev–Trinajstić information content (AvgIpc) is 3.55. The lowest BCUT2D eigenvalue weighted by Crippen LogP contribution is -2.45. The van der Waals surface area contributed by atoms with E-state index in [-0.39, 0.29) is 17.0 Å².